The lowest BCUT2D eigenvalue weighted by Gasteiger charge is -2.21. The van der Waals surface area contributed by atoms with Gasteiger partial charge >= 0.3 is 0 Å². The SMILES string of the molecule is CN(C(=O)CCC(C)(C)N)c1ccc(O)cc1. The standard InChI is InChI=1S/C13H20N2O2/c1-13(2,14)9-8-12(17)15(3)10-4-6-11(16)7-5-10/h4-7,16H,8-9,14H2,1-3H3. The number of rotatable bonds is 4. The van der Waals surface area contributed by atoms with E-state index in [1.54, 1.807) is 36.2 Å². The highest BCUT2D eigenvalue weighted by Crippen LogP contribution is 2.18. The summed E-state index contributed by atoms with van der Waals surface area (Å²) in [6.45, 7) is 3.81. The molecule has 1 rings (SSSR count). The number of hydrogen-bond donors (Lipinski definition) is 2. The van der Waals surface area contributed by atoms with Crippen LogP contribution >= 0.6 is 0 Å². The van der Waals surface area contributed by atoms with E-state index in [-0.39, 0.29) is 17.2 Å². The Morgan fingerprint density at radius 3 is 2.35 bits per heavy atom. The number of nitrogens with zero attached hydrogens (tertiary/aromatic N) is 1. The predicted octanol–water partition coefficient (Wildman–Crippen LogP) is 1.87. The highest BCUT2D eigenvalue weighted by atomic mass is 16.3. The second-order valence-electron chi connectivity index (χ2n) is 4.96. The van der Waals surface area contributed by atoms with Crippen molar-refractivity contribution in [1.82, 2.24) is 0 Å². The van der Waals surface area contributed by atoms with E-state index >= 15 is 0 Å². The molecule has 17 heavy (non-hydrogen) atoms. The molecule has 1 aromatic carbocycles. The summed E-state index contributed by atoms with van der Waals surface area (Å²) < 4.78 is 0. The quantitative estimate of drug-likeness (QED) is 0.838. The molecule has 4 heteroatoms. The van der Waals surface area contributed by atoms with Crippen LogP contribution < -0.4 is 10.6 Å². The zero-order valence-electron chi connectivity index (χ0n) is 10.6. The van der Waals surface area contributed by atoms with E-state index < -0.39 is 0 Å². The molecule has 0 bridgehead atoms. The highest BCUT2D eigenvalue weighted by molar-refractivity contribution is 5.92. The Balaban J connectivity index is 2.61. The van der Waals surface area contributed by atoms with Gasteiger partial charge < -0.3 is 15.7 Å². The number of hydrogen-bond acceptors (Lipinski definition) is 3. The molecule has 0 spiro atoms. The minimum Gasteiger partial charge on any atom is -0.508 e. The molecule has 0 saturated carbocycles. The van der Waals surface area contributed by atoms with Crippen molar-refractivity contribution in [2.75, 3.05) is 11.9 Å². The van der Waals surface area contributed by atoms with Gasteiger partial charge in [-0.05, 0) is 44.5 Å². The summed E-state index contributed by atoms with van der Waals surface area (Å²) in [6, 6.07) is 6.54. The minimum absolute atomic E-state index is 0.0224. The Kier molecular flexibility index (Phi) is 4.12. The summed E-state index contributed by atoms with van der Waals surface area (Å²) in [4.78, 5) is 13.5. The Morgan fingerprint density at radius 1 is 1.35 bits per heavy atom. The summed E-state index contributed by atoms with van der Waals surface area (Å²) in [7, 11) is 1.72. The van der Waals surface area contributed by atoms with Gasteiger partial charge in [0.25, 0.3) is 0 Å². The Labute approximate surface area is 102 Å². The molecule has 4 nitrogen and oxygen atoms in total. The fourth-order valence-electron chi connectivity index (χ4n) is 1.42. The third-order valence-electron chi connectivity index (χ3n) is 2.59. The van der Waals surface area contributed by atoms with Crippen LogP contribution in [0.25, 0.3) is 0 Å². The van der Waals surface area contributed by atoms with Gasteiger partial charge in [-0.25, -0.2) is 0 Å². The van der Waals surface area contributed by atoms with E-state index in [0.29, 0.717) is 12.8 Å². The second kappa shape index (κ2) is 5.19. The van der Waals surface area contributed by atoms with Gasteiger partial charge in [-0.15, -0.1) is 0 Å². The lowest BCUT2D eigenvalue weighted by Crippen LogP contribution is -2.35. The maximum Gasteiger partial charge on any atom is 0.226 e. The maximum atomic E-state index is 11.9. The van der Waals surface area contributed by atoms with Crippen LogP contribution in [0.4, 0.5) is 5.69 Å². The minimum atomic E-state index is -0.328. The van der Waals surface area contributed by atoms with Crippen LogP contribution in [0.15, 0.2) is 24.3 Å². The van der Waals surface area contributed by atoms with Crippen LogP contribution in [0.5, 0.6) is 5.75 Å². The monoisotopic (exact) mass is 236 g/mol. The first-order valence-corrected chi connectivity index (χ1v) is 5.64. The van der Waals surface area contributed by atoms with Gasteiger partial charge in [-0.2, -0.15) is 0 Å². The highest BCUT2D eigenvalue weighted by Gasteiger charge is 2.16. The first-order chi connectivity index (χ1) is 7.79. The van der Waals surface area contributed by atoms with Crippen LogP contribution in [0.3, 0.4) is 0 Å². The van der Waals surface area contributed by atoms with E-state index in [1.165, 1.54) is 0 Å². The van der Waals surface area contributed by atoms with Gasteiger partial charge in [0, 0.05) is 24.7 Å². The lowest BCUT2D eigenvalue weighted by atomic mass is 10.00. The number of aromatic hydroxyl groups is 1. The van der Waals surface area contributed by atoms with E-state index in [4.69, 9.17) is 10.8 Å². The van der Waals surface area contributed by atoms with Crippen LogP contribution in [0.1, 0.15) is 26.7 Å². The Bertz CT molecular complexity index is 379. The molecule has 0 atom stereocenters. The van der Waals surface area contributed by atoms with E-state index in [1.807, 2.05) is 13.8 Å². The number of nitrogens with two attached hydrogens (primary N) is 1. The average Bonchev–Trinajstić information content (AvgIpc) is 2.25. The van der Waals surface area contributed by atoms with Crippen molar-refractivity contribution in [2.24, 2.45) is 5.73 Å². The summed E-state index contributed by atoms with van der Waals surface area (Å²) in [5, 5.41) is 9.17. The molecular formula is C13H20N2O2. The van der Waals surface area contributed by atoms with Crippen LogP contribution in [-0.2, 0) is 4.79 Å². The third kappa shape index (κ3) is 4.44. The maximum absolute atomic E-state index is 11.9. The van der Waals surface area contributed by atoms with Crippen molar-refractivity contribution >= 4 is 11.6 Å². The first kappa shape index (κ1) is 13.5. The van der Waals surface area contributed by atoms with Crippen molar-refractivity contribution in [1.29, 1.82) is 0 Å². The van der Waals surface area contributed by atoms with Gasteiger partial charge in [0.05, 0.1) is 0 Å². The molecule has 3 N–H and O–H groups in total. The van der Waals surface area contributed by atoms with Crippen molar-refractivity contribution in [2.45, 2.75) is 32.2 Å². The fourth-order valence-corrected chi connectivity index (χ4v) is 1.42. The van der Waals surface area contributed by atoms with Crippen molar-refractivity contribution < 1.29 is 9.90 Å². The zero-order chi connectivity index (χ0) is 13.1. The van der Waals surface area contributed by atoms with Crippen molar-refractivity contribution in [3.63, 3.8) is 0 Å². The normalized spacial score (nSPS) is 11.3. The Hall–Kier alpha value is -1.55. The molecule has 0 aliphatic heterocycles. The third-order valence-corrected chi connectivity index (χ3v) is 2.59. The molecule has 94 valence electrons. The smallest absolute Gasteiger partial charge is 0.226 e. The van der Waals surface area contributed by atoms with Crippen molar-refractivity contribution in [3.05, 3.63) is 24.3 Å². The molecule has 0 saturated heterocycles. The fraction of sp³-hybridized carbons (Fsp3) is 0.462. The van der Waals surface area contributed by atoms with E-state index in [0.717, 1.165) is 5.69 Å². The number of carbonyl (C=O) groups is 1. The van der Waals surface area contributed by atoms with Gasteiger partial charge in [-0.3, -0.25) is 4.79 Å². The number of carbonyl (C=O) groups excluding carboxylic acids is 1. The van der Waals surface area contributed by atoms with Gasteiger partial charge in [0.15, 0.2) is 0 Å². The van der Waals surface area contributed by atoms with Crippen LogP contribution in [0.2, 0.25) is 0 Å². The zero-order valence-corrected chi connectivity index (χ0v) is 10.6. The van der Waals surface area contributed by atoms with Gasteiger partial charge in [-0.1, -0.05) is 0 Å². The molecule has 0 aliphatic rings. The second-order valence-corrected chi connectivity index (χ2v) is 4.96. The van der Waals surface area contributed by atoms with Crippen LogP contribution in [0, 0.1) is 0 Å². The lowest BCUT2D eigenvalue weighted by molar-refractivity contribution is -0.118. The van der Waals surface area contributed by atoms with Crippen molar-refractivity contribution in [3.8, 4) is 5.75 Å². The predicted molar refractivity (Wildman–Crippen MR) is 69.0 cm³/mol. The number of benzene rings is 1. The molecule has 0 fully saturated rings. The van der Waals surface area contributed by atoms with Gasteiger partial charge in [0.1, 0.15) is 5.75 Å². The molecule has 0 heterocycles. The van der Waals surface area contributed by atoms with Crippen LogP contribution in [-0.4, -0.2) is 23.6 Å². The summed E-state index contributed by atoms with van der Waals surface area (Å²) in [5.74, 6) is 0.215. The molecule has 0 aromatic heterocycles. The largest absolute Gasteiger partial charge is 0.508 e. The topological polar surface area (TPSA) is 66.6 Å². The number of phenolic OH excluding ortho intramolecular Hbond substituents is 1. The summed E-state index contributed by atoms with van der Waals surface area (Å²) in [6.07, 6.45) is 1.06. The summed E-state index contributed by atoms with van der Waals surface area (Å²) >= 11 is 0. The number of amides is 1. The molecule has 1 amide bonds. The number of phenols is 1. The average molecular weight is 236 g/mol. The summed E-state index contributed by atoms with van der Waals surface area (Å²) in [5.41, 5.74) is 6.28. The Morgan fingerprint density at radius 2 is 1.88 bits per heavy atom. The van der Waals surface area contributed by atoms with E-state index in [2.05, 4.69) is 0 Å². The molecule has 0 unspecified atom stereocenters. The van der Waals surface area contributed by atoms with Gasteiger partial charge in [0.2, 0.25) is 5.91 Å². The molecule has 0 aliphatic carbocycles. The molecule has 0 radical (unpaired) electrons. The first-order valence-electron chi connectivity index (χ1n) is 5.64. The molecular weight excluding hydrogens is 216 g/mol. The molecule has 1 aromatic rings. The number of anilines is 1. The van der Waals surface area contributed by atoms with E-state index in [9.17, 15) is 4.79 Å².